The first-order valence-corrected chi connectivity index (χ1v) is 5.82. The molecule has 0 aliphatic rings. The molecule has 1 aromatic rings. The van der Waals surface area contributed by atoms with Crippen LogP contribution in [0.5, 0.6) is 5.75 Å². The Kier molecular flexibility index (Phi) is 5.53. The second-order valence-electron chi connectivity index (χ2n) is 3.32. The summed E-state index contributed by atoms with van der Waals surface area (Å²) in [4.78, 5) is 0. The lowest BCUT2D eigenvalue weighted by atomic mass is 10.2. The molecule has 0 saturated heterocycles. The molecule has 0 unspecified atom stereocenters. The molecular weight excluding hydrogens is 192 g/mol. The molecule has 0 saturated carbocycles. The van der Waals surface area contributed by atoms with Crippen LogP contribution < -0.4 is 4.74 Å². The molecule has 0 fully saturated rings. The lowest BCUT2D eigenvalue weighted by molar-refractivity contribution is 0.309. The van der Waals surface area contributed by atoms with Crippen molar-refractivity contribution in [2.75, 3.05) is 12.4 Å². The van der Waals surface area contributed by atoms with E-state index >= 15 is 0 Å². The molecule has 14 heavy (non-hydrogen) atoms. The van der Waals surface area contributed by atoms with Crippen LogP contribution in [0.1, 0.15) is 25.3 Å². The molecule has 0 spiro atoms. The van der Waals surface area contributed by atoms with Crippen LogP contribution in [0.4, 0.5) is 0 Å². The van der Waals surface area contributed by atoms with Gasteiger partial charge in [0.25, 0.3) is 0 Å². The lowest BCUT2D eigenvalue weighted by Gasteiger charge is -2.05. The topological polar surface area (TPSA) is 9.23 Å². The number of hydrogen-bond acceptors (Lipinski definition) is 2. The zero-order valence-electron chi connectivity index (χ0n) is 8.70. The predicted octanol–water partition coefficient (Wildman–Crippen LogP) is 3.34. The third-order valence-electron chi connectivity index (χ3n) is 2.09. The highest BCUT2D eigenvalue weighted by atomic mass is 32.1. The Morgan fingerprint density at radius 2 is 1.93 bits per heavy atom. The van der Waals surface area contributed by atoms with Gasteiger partial charge in [0.2, 0.25) is 0 Å². The van der Waals surface area contributed by atoms with Crippen molar-refractivity contribution in [2.45, 2.75) is 26.2 Å². The number of hydrogen-bond donors (Lipinski definition) is 1. The van der Waals surface area contributed by atoms with Crippen molar-refractivity contribution in [1.29, 1.82) is 0 Å². The van der Waals surface area contributed by atoms with E-state index < -0.39 is 0 Å². The maximum absolute atomic E-state index is 5.56. The van der Waals surface area contributed by atoms with Crippen molar-refractivity contribution < 1.29 is 4.74 Å². The summed E-state index contributed by atoms with van der Waals surface area (Å²) in [5.74, 6) is 1.87. The summed E-state index contributed by atoms with van der Waals surface area (Å²) in [7, 11) is 0. The van der Waals surface area contributed by atoms with Gasteiger partial charge in [0, 0.05) is 0 Å². The van der Waals surface area contributed by atoms with Gasteiger partial charge in [-0.2, -0.15) is 12.6 Å². The molecule has 1 nitrogen and oxygen atoms in total. The number of aryl methyl sites for hydroxylation is 1. The monoisotopic (exact) mass is 210 g/mol. The summed E-state index contributed by atoms with van der Waals surface area (Å²) in [6, 6.07) is 8.29. The summed E-state index contributed by atoms with van der Waals surface area (Å²) >= 11 is 4.20. The van der Waals surface area contributed by atoms with Gasteiger partial charge in [-0.05, 0) is 36.3 Å². The van der Waals surface area contributed by atoms with Crippen LogP contribution in [0.2, 0.25) is 0 Å². The minimum atomic E-state index is 0.822. The normalized spacial score (nSPS) is 10.1. The minimum absolute atomic E-state index is 0.822. The quantitative estimate of drug-likeness (QED) is 0.559. The maximum atomic E-state index is 5.56. The van der Waals surface area contributed by atoms with Crippen LogP contribution in [-0.2, 0) is 6.42 Å². The van der Waals surface area contributed by atoms with E-state index in [2.05, 4.69) is 31.7 Å². The third kappa shape index (κ3) is 4.05. The first kappa shape index (κ1) is 11.4. The molecule has 0 heterocycles. The van der Waals surface area contributed by atoms with Crippen LogP contribution in [0.15, 0.2) is 24.3 Å². The van der Waals surface area contributed by atoms with Gasteiger partial charge in [-0.3, -0.25) is 0 Å². The minimum Gasteiger partial charge on any atom is -0.494 e. The summed E-state index contributed by atoms with van der Waals surface area (Å²) in [6.07, 6.45) is 3.33. The standard InChI is InChI=1S/C12H18OS/c1-2-3-9-13-12-6-4-11(5-7-12)8-10-14/h4-7,14H,2-3,8-10H2,1H3. The molecule has 78 valence electrons. The average Bonchev–Trinajstić information content (AvgIpc) is 2.21. The van der Waals surface area contributed by atoms with Crippen molar-refractivity contribution in [2.24, 2.45) is 0 Å². The molecule has 0 radical (unpaired) electrons. The van der Waals surface area contributed by atoms with Gasteiger partial charge >= 0.3 is 0 Å². The number of unbranched alkanes of at least 4 members (excludes halogenated alkanes) is 1. The van der Waals surface area contributed by atoms with E-state index in [-0.39, 0.29) is 0 Å². The van der Waals surface area contributed by atoms with Crippen molar-refractivity contribution in [3.05, 3.63) is 29.8 Å². The van der Waals surface area contributed by atoms with Crippen molar-refractivity contribution in [1.82, 2.24) is 0 Å². The van der Waals surface area contributed by atoms with E-state index in [0.29, 0.717) is 0 Å². The zero-order chi connectivity index (χ0) is 10.2. The van der Waals surface area contributed by atoms with E-state index in [1.54, 1.807) is 0 Å². The van der Waals surface area contributed by atoms with E-state index in [9.17, 15) is 0 Å². The summed E-state index contributed by atoms with van der Waals surface area (Å²) < 4.78 is 5.56. The van der Waals surface area contributed by atoms with E-state index in [4.69, 9.17) is 4.74 Å². The van der Waals surface area contributed by atoms with Crippen molar-refractivity contribution in [3.8, 4) is 5.75 Å². The molecule has 2 heteroatoms. The highest BCUT2D eigenvalue weighted by molar-refractivity contribution is 7.80. The Morgan fingerprint density at radius 3 is 2.50 bits per heavy atom. The third-order valence-corrected chi connectivity index (χ3v) is 2.31. The average molecular weight is 210 g/mol. The van der Waals surface area contributed by atoms with Gasteiger partial charge in [0.15, 0.2) is 0 Å². The fourth-order valence-corrected chi connectivity index (χ4v) is 1.47. The summed E-state index contributed by atoms with van der Waals surface area (Å²) in [5, 5.41) is 0. The van der Waals surface area contributed by atoms with Gasteiger partial charge in [-0.1, -0.05) is 25.5 Å². The molecule has 1 aromatic carbocycles. The second kappa shape index (κ2) is 6.77. The summed E-state index contributed by atoms with van der Waals surface area (Å²) in [5.41, 5.74) is 1.32. The number of rotatable bonds is 6. The van der Waals surface area contributed by atoms with Gasteiger partial charge in [0.05, 0.1) is 6.61 Å². The second-order valence-corrected chi connectivity index (χ2v) is 3.77. The van der Waals surface area contributed by atoms with Gasteiger partial charge in [-0.15, -0.1) is 0 Å². The number of thiol groups is 1. The zero-order valence-corrected chi connectivity index (χ0v) is 9.59. The van der Waals surface area contributed by atoms with Crippen LogP contribution in [0, 0.1) is 0 Å². The van der Waals surface area contributed by atoms with Crippen molar-refractivity contribution >= 4 is 12.6 Å². The lowest BCUT2D eigenvalue weighted by Crippen LogP contribution is -1.96. The Bertz CT molecular complexity index is 243. The highest BCUT2D eigenvalue weighted by Gasteiger charge is 1.94. The molecular formula is C12H18OS. The highest BCUT2D eigenvalue weighted by Crippen LogP contribution is 2.13. The molecule has 0 amide bonds. The van der Waals surface area contributed by atoms with Crippen LogP contribution in [0.3, 0.4) is 0 Å². The first-order valence-electron chi connectivity index (χ1n) is 5.19. The van der Waals surface area contributed by atoms with E-state index in [1.807, 2.05) is 12.1 Å². The SMILES string of the molecule is CCCCOc1ccc(CCS)cc1. The van der Waals surface area contributed by atoms with Crippen LogP contribution in [0.25, 0.3) is 0 Å². The Balaban J connectivity index is 2.38. The van der Waals surface area contributed by atoms with Crippen molar-refractivity contribution in [3.63, 3.8) is 0 Å². The Morgan fingerprint density at radius 1 is 1.21 bits per heavy atom. The molecule has 0 aromatic heterocycles. The number of ether oxygens (including phenoxy) is 1. The Hall–Kier alpha value is -0.630. The molecule has 0 bridgehead atoms. The smallest absolute Gasteiger partial charge is 0.119 e. The Labute approximate surface area is 91.9 Å². The summed E-state index contributed by atoms with van der Waals surface area (Å²) in [6.45, 7) is 2.99. The first-order chi connectivity index (χ1) is 6.86. The molecule has 0 atom stereocenters. The van der Waals surface area contributed by atoms with Gasteiger partial charge < -0.3 is 4.74 Å². The fourth-order valence-electron chi connectivity index (χ4n) is 1.22. The predicted molar refractivity (Wildman–Crippen MR) is 64.4 cm³/mol. The van der Waals surface area contributed by atoms with Gasteiger partial charge in [0.1, 0.15) is 5.75 Å². The van der Waals surface area contributed by atoms with Gasteiger partial charge in [-0.25, -0.2) is 0 Å². The molecule has 1 rings (SSSR count). The number of benzene rings is 1. The van der Waals surface area contributed by atoms with Crippen LogP contribution >= 0.6 is 12.6 Å². The largest absolute Gasteiger partial charge is 0.494 e. The van der Waals surface area contributed by atoms with Crippen LogP contribution in [-0.4, -0.2) is 12.4 Å². The maximum Gasteiger partial charge on any atom is 0.119 e. The molecule has 0 aliphatic heterocycles. The van der Waals surface area contributed by atoms with E-state index in [0.717, 1.165) is 31.0 Å². The molecule has 0 aliphatic carbocycles. The van der Waals surface area contributed by atoms with E-state index in [1.165, 1.54) is 12.0 Å². The molecule has 0 N–H and O–H groups in total. The fraction of sp³-hybridized carbons (Fsp3) is 0.500.